The molecule has 0 N–H and O–H groups in total. The molecule has 0 aliphatic rings. The SMILES string of the molecule is [CH3-].[Ni+2].c1ccc(P(c2ccccc2)c2ccccc2)cc1.c1ccc2[cH-]ccc2c1. The van der Waals surface area contributed by atoms with Crippen LogP contribution in [-0.4, -0.2) is 0 Å². The van der Waals surface area contributed by atoms with E-state index in [2.05, 4.69) is 133 Å². The third-order valence-electron chi connectivity index (χ3n) is 4.59. The van der Waals surface area contributed by atoms with E-state index in [1.807, 2.05) is 0 Å². The van der Waals surface area contributed by atoms with Crippen LogP contribution in [0.1, 0.15) is 0 Å². The molecule has 0 fully saturated rings. The van der Waals surface area contributed by atoms with Crippen LogP contribution in [-0.2, 0) is 16.5 Å². The Morgan fingerprint density at radius 3 is 1.30 bits per heavy atom. The van der Waals surface area contributed by atoms with Gasteiger partial charge >= 0.3 is 16.5 Å². The molecule has 0 spiro atoms. The second-order valence-corrected chi connectivity index (χ2v) is 8.72. The number of hydrogen-bond acceptors (Lipinski definition) is 0. The van der Waals surface area contributed by atoms with E-state index in [0.29, 0.717) is 0 Å². The van der Waals surface area contributed by atoms with E-state index >= 15 is 0 Å². The van der Waals surface area contributed by atoms with E-state index in [4.69, 9.17) is 0 Å². The van der Waals surface area contributed by atoms with Gasteiger partial charge < -0.3 is 7.43 Å². The van der Waals surface area contributed by atoms with Crippen LogP contribution in [0.15, 0.2) is 133 Å². The third kappa shape index (κ3) is 5.96. The van der Waals surface area contributed by atoms with Crippen LogP contribution >= 0.6 is 7.92 Å². The van der Waals surface area contributed by atoms with Crippen LogP contribution in [0.4, 0.5) is 0 Å². The molecule has 5 aromatic carbocycles. The number of fused-ring (bicyclic) bond motifs is 1. The van der Waals surface area contributed by atoms with Crippen molar-refractivity contribution in [3.05, 3.63) is 141 Å². The maximum absolute atomic E-state index is 2.23. The first-order valence-electron chi connectivity index (χ1n) is 9.47. The summed E-state index contributed by atoms with van der Waals surface area (Å²) in [6, 6.07) is 47.0. The fraction of sp³-hybridized carbons (Fsp3) is 0. The quantitative estimate of drug-likeness (QED) is 0.168. The molecule has 30 heavy (non-hydrogen) atoms. The molecule has 0 nitrogen and oxygen atoms in total. The number of benzene rings is 4. The first-order chi connectivity index (χ1) is 13.9. The standard InChI is InChI=1S/C18H15P.C9H7.CH3.Ni/c1-4-10-16(11-5-1)19(17-12-6-2-7-13-17)18-14-8-3-9-15-18;1-2-5-9-7-3-6-8(9)4-1;;/h1-15H;1-7H;1H3;/q;2*-1;+2. The fourth-order valence-corrected chi connectivity index (χ4v) is 5.55. The van der Waals surface area contributed by atoms with Gasteiger partial charge in [0.05, 0.1) is 0 Å². The molecule has 2 heteroatoms. The van der Waals surface area contributed by atoms with Crippen molar-refractivity contribution in [3.8, 4) is 0 Å². The maximum Gasteiger partial charge on any atom is 2.00 e. The van der Waals surface area contributed by atoms with Gasteiger partial charge in [-0.15, -0.1) is 29.7 Å². The minimum atomic E-state index is -0.446. The van der Waals surface area contributed by atoms with Crippen molar-refractivity contribution in [2.24, 2.45) is 0 Å². The van der Waals surface area contributed by atoms with Gasteiger partial charge in [-0.25, -0.2) is 0 Å². The van der Waals surface area contributed by atoms with Crippen LogP contribution in [0.25, 0.3) is 10.8 Å². The zero-order valence-corrected chi connectivity index (χ0v) is 18.8. The predicted octanol–water partition coefficient (Wildman–Crippen LogP) is 6.45. The monoisotopic (exact) mass is 450 g/mol. The summed E-state index contributed by atoms with van der Waals surface area (Å²) in [5, 5.41) is 6.86. The van der Waals surface area contributed by atoms with E-state index in [1.165, 1.54) is 26.7 Å². The van der Waals surface area contributed by atoms with E-state index in [1.54, 1.807) is 0 Å². The minimum absolute atomic E-state index is 0. The van der Waals surface area contributed by atoms with Crippen LogP contribution in [0.2, 0.25) is 0 Å². The summed E-state index contributed by atoms with van der Waals surface area (Å²) in [7, 11) is -0.446. The Hall–Kier alpha value is -2.59. The zero-order chi connectivity index (χ0) is 19.0. The van der Waals surface area contributed by atoms with E-state index in [-0.39, 0.29) is 23.9 Å². The molecule has 0 amide bonds. The average Bonchev–Trinajstić information content (AvgIpc) is 3.26. The van der Waals surface area contributed by atoms with Crippen molar-refractivity contribution >= 4 is 34.6 Å². The molecule has 0 atom stereocenters. The van der Waals surface area contributed by atoms with Gasteiger partial charge in [0.15, 0.2) is 0 Å². The summed E-state index contributed by atoms with van der Waals surface area (Å²) < 4.78 is 0. The first kappa shape index (κ1) is 23.7. The van der Waals surface area contributed by atoms with Gasteiger partial charge in [0.25, 0.3) is 0 Å². The van der Waals surface area contributed by atoms with Crippen LogP contribution in [0.5, 0.6) is 0 Å². The summed E-state index contributed by atoms with van der Waals surface area (Å²) in [4.78, 5) is 0. The number of hydrogen-bond donors (Lipinski definition) is 0. The largest absolute Gasteiger partial charge is 2.00 e. The van der Waals surface area contributed by atoms with Gasteiger partial charge in [0, 0.05) is 0 Å². The molecule has 0 unspecified atom stereocenters. The Bertz CT molecular complexity index is 978. The van der Waals surface area contributed by atoms with Crippen molar-refractivity contribution in [3.63, 3.8) is 0 Å². The van der Waals surface area contributed by atoms with Gasteiger partial charge in [-0.2, -0.15) is 17.5 Å². The summed E-state index contributed by atoms with van der Waals surface area (Å²) in [5.41, 5.74) is 0. The molecule has 152 valence electrons. The minimum Gasteiger partial charge on any atom is -0.358 e. The van der Waals surface area contributed by atoms with Crippen molar-refractivity contribution in [2.45, 2.75) is 0 Å². The maximum atomic E-state index is 2.23. The molecular formula is C28H25NiP. The molecule has 0 aliphatic heterocycles. The molecule has 0 aliphatic carbocycles. The molecule has 0 saturated carbocycles. The Morgan fingerprint density at radius 2 is 0.867 bits per heavy atom. The first-order valence-corrected chi connectivity index (χ1v) is 10.8. The zero-order valence-electron chi connectivity index (χ0n) is 17.0. The smallest absolute Gasteiger partial charge is 0.358 e. The average molecular weight is 451 g/mol. The van der Waals surface area contributed by atoms with Gasteiger partial charge in [0.2, 0.25) is 0 Å². The Labute approximate surface area is 191 Å². The third-order valence-corrected chi connectivity index (χ3v) is 7.03. The molecule has 0 radical (unpaired) electrons. The molecule has 5 rings (SSSR count). The van der Waals surface area contributed by atoms with Gasteiger partial charge in [-0.1, -0.05) is 97.1 Å². The molecule has 0 aromatic heterocycles. The van der Waals surface area contributed by atoms with Gasteiger partial charge in [0.1, 0.15) is 0 Å². The Balaban J connectivity index is 0.000000246. The Kier molecular flexibility index (Phi) is 9.62. The van der Waals surface area contributed by atoms with Gasteiger partial charge in [-0.3, -0.25) is 0 Å². The molecule has 0 heterocycles. The van der Waals surface area contributed by atoms with Crippen molar-refractivity contribution in [2.75, 3.05) is 0 Å². The van der Waals surface area contributed by atoms with Crippen molar-refractivity contribution < 1.29 is 16.5 Å². The predicted molar refractivity (Wildman–Crippen MR) is 131 cm³/mol. The normalized spacial score (nSPS) is 9.77. The van der Waals surface area contributed by atoms with Crippen molar-refractivity contribution in [1.82, 2.24) is 0 Å². The summed E-state index contributed by atoms with van der Waals surface area (Å²) in [5.74, 6) is 0. The van der Waals surface area contributed by atoms with E-state index in [9.17, 15) is 0 Å². The summed E-state index contributed by atoms with van der Waals surface area (Å²) in [6.45, 7) is 0. The van der Waals surface area contributed by atoms with E-state index < -0.39 is 7.92 Å². The number of rotatable bonds is 3. The van der Waals surface area contributed by atoms with Crippen LogP contribution in [0, 0.1) is 7.43 Å². The molecule has 5 aromatic rings. The second kappa shape index (κ2) is 12.2. The van der Waals surface area contributed by atoms with E-state index in [0.717, 1.165) is 0 Å². The van der Waals surface area contributed by atoms with Crippen molar-refractivity contribution in [1.29, 1.82) is 0 Å². The summed E-state index contributed by atoms with van der Waals surface area (Å²) >= 11 is 0. The molecule has 0 saturated heterocycles. The molecule has 0 bridgehead atoms. The van der Waals surface area contributed by atoms with Crippen LogP contribution in [0.3, 0.4) is 0 Å². The van der Waals surface area contributed by atoms with Crippen LogP contribution < -0.4 is 15.9 Å². The second-order valence-electron chi connectivity index (χ2n) is 6.50. The Morgan fingerprint density at radius 1 is 0.467 bits per heavy atom. The fourth-order valence-electron chi connectivity index (χ4n) is 3.25. The topological polar surface area (TPSA) is 0 Å². The van der Waals surface area contributed by atoms with Gasteiger partial charge in [-0.05, 0) is 23.8 Å². The summed E-state index contributed by atoms with van der Waals surface area (Å²) in [6.07, 6.45) is 0. The molecular weight excluding hydrogens is 426 g/mol.